The summed E-state index contributed by atoms with van der Waals surface area (Å²) < 4.78 is 24.1. The van der Waals surface area contributed by atoms with Gasteiger partial charge in [-0.05, 0) is 54.5 Å². The number of hydrogen-bond acceptors (Lipinski definition) is 5. The van der Waals surface area contributed by atoms with Crippen molar-refractivity contribution in [2.75, 3.05) is 24.2 Å². The highest BCUT2D eigenvalue weighted by atomic mass is 32.2. The van der Waals surface area contributed by atoms with E-state index in [1.807, 2.05) is 0 Å². The molecule has 31 heavy (non-hydrogen) atoms. The topological polar surface area (TPSA) is 79.0 Å². The van der Waals surface area contributed by atoms with Gasteiger partial charge in [-0.25, -0.2) is 18.4 Å². The highest BCUT2D eigenvalue weighted by molar-refractivity contribution is 7.90. The molecular formula is C24H26N4O2S. The van der Waals surface area contributed by atoms with Gasteiger partial charge < -0.3 is 9.88 Å². The summed E-state index contributed by atoms with van der Waals surface area (Å²) >= 11 is 0. The Hall–Kier alpha value is -2.93. The normalized spacial score (nSPS) is 15.7. The minimum Gasteiger partial charge on any atom is -0.361 e. The fourth-order valence-corrected chi connectivity index (χ4v) is 5.43. The zero-order valence-corrected chi connectivity index (χ0v) is 18.6. The maximum absolute atomic E-state index is 12.0. The number of sulfone groups is 1. The molecule has 0 saturated carbocycles. The lowest BCUT2D eigenvalue weighted by molar-refractivity contribution is 0.506. The summed E-state index contributed by atoms with van der Waals surface area (Å²) in [6, 6.07) is 11.6. The molecule has 1 saturated heterocycles. The smallest absolute Gasteiger partial charge is 0.175 e. The lowest BCUT2D eigenvalue weighted by Gasteiger charge is -2.33. The van der Waals surface area contributed by atoms with Crippen molar-refractivity contribution in [2.45, 2.75) is 37.0 Å². The molecule has 0 radical (unpaired) electrons. The summed E-state index contributed by atoms with van der Waals surface area (Å²) in [4.78, 5) is 14.9. The predicted octanol–water partition coefficient (Wildman–Crippen LogP) is 4.46. The second-order valence-corrected chi connectivity index (χ2v) is 10.4. The highest BCUT2D eigenvalue weighted by Gasteiger charge is 2.25. The number of piperidine rings is 1. The summed E-state index contributed by atoms with van der Waals surface area (Å²) in [5.41, 5.74) is 4.79. The van der Waals surface area contributed by atoms with Crippen LogP contribution in [0.1, 0.15) is 36.8 Å². The number of aromatic amines is 1. The Labute approximate surface area is 182 Å². The van der Waals surface area contributed by atoms with Gasteiger partial charge in [0.05, 0.1) is 10.4 Å². The van der Waals surface area contributed by atoms with Crippen LogP contribution in [0.4, 0.5) is 5.82 Å². The molecule has 1 aliphatic heterocycles. The van der Waals surface area contributed by atoms with Crippen LogP contribution in [0.3, 0.4) is 0 Å². The van der Waals surface area contributed by atoms with Crippen molar-refractivity contribution in [1.29, 1.82) is 0 Å². The number of anilines is 1. The number of aromatic nitrogens is 3. The molecule has 0 aliphatic carbocycles. The first-order valence-electron chi connectivity index (χ1n) is 10.7. The van der Waals surface area contributed by atoms with Gasteiger partial charge in [-0.1, -0.05) is 25.1 Å². The molecule has 0 spiro atoms. The number of H-pyrrole nitrogens is 1. The van der Waals surface area contributed by atoms with Crippen molar-refractivity contribution in [1.82, 2.24) is 15.0 Å². The van der Waals surface area contributed by atoms with Gasteiger partial charge in [0.15, 0.2) is 9.84 Å². The average molecular weight is 435 g/mol. The molecule has 3 heterocycles. The zero-order chi connectivity index (χ0) is 21.6. The number of nitrogens with zero attached hydrogens (tertiary/aromatic N) is 3. The second-order valence-electron chi connectivity index (χ2n) is 8.35. The number of fused-ring (bicyclic) bond motifs is 2. The molecule has 0 amide bonds. The molecule has 1 fully saturated rings. The third-order valence-corrected chi connectivity index (χ3v) is 7.57. The molecule has 160 valence electrons. The van der Waals surface area contributed by atoms with Crippen LogP contribution < -0.4 is 4.90 Å². The number of rotatable bonds is 4. The molecule has 2 aromatic carbocycles. The van der Waals surface area contributed by atoms with E-state index < -0.39 is 9.84 Å². The summed E-state index contributed by atoms with van der Waals surface area (Å²) in [5.74, 6) is 1.32. The van der Waals surface area contributed by atoms with Crippen LogP contribution in [-0.2, 0) is 16.3 Å². The van der Waals surface area contributed by atoms with E-state index in [1.54, 1.807) is 24.5 Å². The first-order chi connectivity index (χ1) is 15.0. The van der Waals surface area contributed by atoms with Crippen molar-refractivity contribution in [3.05, 3.63) is 60.0 Å². The molecular weight excluding hydrogens is 408 g/mol. The third kappa shape index (κ3) is 3.57. The van der Waals surface area contributed by atoms with E-state index in [-0.39, 0.29) is 0 Å². The van der Waals surface area contributed by atoms with Crippen molar-refractivity contribution < 1.29 is 8.42 Å². The summed E-state index contributed by atoms with van der Waals surface area (Å²) in [5, 5.41) is 2.13. The molecule has 4 aromatic rings. The van der Waals surface area contributed by atoms with Gasteiger partial charge >= 0.3 is 0 Å². The van der Waals surface area contributed by atoms with E-state index in [2.05, 4.69) is 51.2 Å². The minimum atomic E-state index is -3.28. The highest BCUT2D eigenvalue weighted by Crippen LogP contribution is 2.36. The van der Waals surface area contributed by atoms with E-state index in [0.717, 1.165) is 49.1 Å². The minimum absolute atomic E-state index is 0.302. The Kier molecular flexibility index (Phi) is 4.93. The number of nitrogens with one attached hydrogen (secondary N) is 1. The van der Waals surface area contributed by atoms with E-state index in [0.29, 0.717) is 10.8 Å². The average Bonchev–Trinajstić information content (AvgIpc) is 3.22. The van der Waals surface area contributed by atoms with Crippen molar-refractivity contribution in [3.63, 3.8) is 0 Å². The predicted molar refractivity (Wildman–Crippen MR) is 125 cm³/mol. The molecule has 5 rings (SSSR count). The maximum Gasteiger partial charge on any atom is 0.175 e. The number of aryl methyl sites for hydroxylation is 1. The van der Waals surface area contributed by atoms with Crippen LogP contribution in [0.2, 0.25) is 0 Å². The van der Waals surface area contributed by atoms with Crippen LogP contribution in [0.5, 0.6) is 0 Å². The lowest BCUT2D eigenvalue weighted by atomic mass is 9.88. The second kappa shape index (κ2) is 7.64. The third-order valence-electron chi connectivity index (χ3n) is 6.46. The number of benzene rings is 2. The standard InChI is InChI=1S/C24H26N4O2S/c1-3-16-5-4-6-19-21(14-25-23(16)19)17-9-11-28(12-10-17)24-20-13-18(31(2,29)30)7-8-22(20)26-15-27-24/h4-8,13-15,17,25H,3,9-12H2,1-2H3. The van der Waals surface area contributed by atoms with Gasteiger partial charge in [0.2, 0.25) is 0 Å². The zero-order valence-electron chi connectivity index (χ0n) is 17.8. The molecule has 0 atom stereocenters. The molecule has 7 heteroatoms. The largest absolute Gasteiger partial charge is 0.361 e. The van der Waals surface area contributed by atoms with Crippen LogP contribution in [0, 0.1) is 0 Å². The Morgan fingerprint density at radius 1 is 1.10 bits per heavy atom. The fourth-order valence-electron chi connectivity index (χ4n) is 4.78. The van der Waals surface area contributed by atoms with Crippen molar-refractivity contribution >= 4 is 37.5 Å². The molecule has 0 unspecified atom stereocenters. The van der Waals surface area contributed by atoms with Crippen molar-refractivity contribution in [2.24, 2.45) is 0 Å². The maximum atomic E-state index is 12.0. The summed E-state index contributed by atoms with van der Waals surface area (Å²) in [6.07, 6.45) is 8.06. The van der Waals surface area contributed by atoms with E-state index in [9.17, 15) is 8.42 Å². The fraction of sp³-hybridized carbons (Fsp3) is 0.333. The molecule has 2 aromatic heterocycles. The summed E-state index contributed by atoms with van der Waals surface area (Å²) in [6.45, 7) is 3.94. The molecule has 6 nitrogen and oxygen atoms in total. The van der Waals surface area contributed by atoms with E-state index in [4.69, 9.17) is 0 Å². The first kappa shape index (κ1) is 20.0. The van der Waals surface area contributed by atoms with Gasteiger partial charge in [0.25, 0.3) is 0 Å². The lowest BCUT2D eigenvalue weighted by Crippen LogP contribution is -2.33. The van der Waals surface area contributed by atoms with Gasteiger partial charge in [0.1, 0.15) is 12.1 Å². The van der Waals surface area contributed by atoms with Gasteiger partial charge in [-0.2, -0.15) is 0 Å². The monoisotopic (exact) mass is 434 g/mol. The Morgan fingerprint density at radius 2 is 1.90 bits per heavy atom. The summed E-state index contributed by atoms with van der Waals surface area (Å²) in [7, 11) is -3.28. The Morgan fingerprint density at radius 3 is 2.65 bits per heavy atom. The SMILES string of the molecule is CCc1cccc2c(C3CCN(c4ncnc5ccc(S(C)(=O)=O)cc45)CC3)c[nH]c12. The van der Waals surface area contributed by atoms with Gasteiger partial charge in [0, 0.05) is 41.8 Å². The van der Waals surface area contributed by atoms with Crippen LogP contribution >= 0.6 is 0 Å². The van der Waals surface area contributed by atoms with Gasteiger partial charge in [-0.3, -0.25) is 0 Å². The Bertz CT molecular complexity index is 1370. The van der Waals surface area contributed by atoms with E-state index >= 15 is 0 Å². The molecule has 1 N–H and O–H groups in total. The quantitative estimate of drug-likeness (QED) is 0.513. The van der Waals surface area contributed by atoms with Crippen molar-refractivity contribution in [3.8, 4) is 0 Å². The number of hydrogen-bond donors (Lipinski definition) is 1. The van der Waals surface area contributed by atoms with Gasteiger partial charge in [-0.15, -0.1) is 0 Å². The number of para-hydroxylation sites is 1. The molecule has 0 bridgehead atoms. The van der Waals surface area contributed by atoms with Crippen LogP contribution in [0.25, 0.3) is 21.8 Å². The first-order valence-corrected chi connectivity index (χ1v) is 12.6. The molecule has 1 aliphatic rings. The van der Waals surface area contributed by atoms with Crippen LogP contribution in [0.15, 0.2) is 53.8 Å². The van der Waals surface area contributed by atoms with E-state index in [1.165, 1.54) is 28.3 Å². The van der Waals surface area contributed by atoms with Crippen LogP contribution in [-0.4, -0.2) is 42.7 Å². The Balaban J connectivity index is 1.43.